The molecule has 0 rings (SSSR count). The molecule has 0 atom stereocenters. The summed E-state index contributed by atoms with van der Waals surface area (Å²) in [5.41, 5.74) is 10.6. The molecule has 0 aromatic carbocycles. The number of ether oxygens (including phenoxy) is 3. The van der Waals surface area contributed by atoms with E-state index in [-0.39, 0.29) is 0 Å². The van der Waals surface area contributed by atoms with Crippen LogP contribution in [0.1, 0.15) is 20.3 Å². The number of hydrogen-bond acceptors (Lipinski definition) is 6. The van der Waals surface area contributed by atoms with Crippen LogP contribution in [0.15, 0.2) is 0 Å². The molecule has 0 aliphatic carbocycles. The molecule has 0 aliphatic heterocycles. The van der Waals surface area contributed by atoms with E-state index in [0.717, 1.165) is 0 Å². The Bertz CT molecular complexity index is 194. The quantitative estimate of drug-likeness (QED) is 0.566. The first kappa shape index (κ1) is 21.4. The molecule has 0 aliphatic rings. The summed E-state index contributed by atoms with van der Waals surface area (Å²) >= 11 is 0. The molecule has 0 aromatic heterocycles. The predicted molar refractivity (Wildman–Crippen MR) is 79.7 cm³/mol. The lowest BCUT2D eigenvalue weighted by Gasteiger charge is -2.20. The SMILES string of the molecule is CCC.COC(=O)N(CCOCCN)CCOCCN. The van der Waals surface area contributed by atoms with Gasteiger partial charge in [-0.05, 0) is 0 Å². The molecule has 0 aromatic rings. The number of nitrogens with two attached hydrogens (primary N) is 2. The summed E-state index contributed by atoms with van der Waals surface area (Å²) in [7, 11) is 1.34. The zero-order chi connectivity index (χ0) is 15.6. The van der Waals surface area contributed by atoms with E-state index in [1.165, 1.54) is 18.4 Å². The van der Waals surface area contributed by atoms with E-state index >= 15 is 0 Å². The van der Waals surface area contributed by atoms with Crippen LogP contribution in [0.2, 0.25) is 0 Å². The molecule has 0 unspecified atom stereocenters. The molecule has 20 heavy (non-hydrogen) atoms. The van der Waals surface area contributed by atoms with Gasteiger partial charge in [-0.25, -0.2) is 4.79 Å². The van der Waals surface area contributed by atoms with E-state index in [0.29, 0.717) is 52.6 Å². The fourth-order valence-corrected chi connectivity index (χ4v) is 1.14. The monoisotopic (exact) mass is 293 g/mol. The number of carbonyl (C=O) groups excluding carboxylic acids is 1. The van der Waals surface area contributed by atoms with Crippen molar-refractivity contribution in [2.45, 2.75) is 20.3 Å². The molecule has 0 fully saturated rings. The van der Waals surface area contributed by atoms with Crippen molar-refractivity contribution >= 4 is 6.09 Å². The predicted octanol–water partition coefficient (Wildman–Crippen LogP) is 0.422. The molecule has 0 saturated heterocycles. The van der Waals surface area contributed by atoms with Crippen LogP contribution in [0, 0.1) is 0 Å². The number of methoxy groups -OCH3 is 1. The Balaban J connectivity index is 0. The van der Waals surface area contributed by atoms with Gasteiger partial charge in [0, 0.05) is 26.2 Å². The molecule has 0 heterocycles. The van der Waals surface area contributed by atoms with E-state index in [1.807, 2.05) is 0 Å². The normalized spacial score (nSPS) is 9.65. The van der Waals surface area contributed by atoms with Gasteiger partial charge in [-0.15, -0.1) is 0 Å². The fraction of sp³-hybridized carbons (Fsp3) is 0.923. The number of nitrogens with zero attached hydrogens (tertiary/aromatic N) is 1. The minimum absolute atomic E-state index is 0.391. The lowest BCUT2D eigenvalue weighted by atomic mass is 10.5. The standard InChI is InChI=1S/C10H23N3O4.C3H8/c1-15-10(14)13(4-8-16-6-2-11)5-9-17-7-3-12;1-3-2/h2-9,11-12H2,1H3;3H2,1-2H3. The van der Waals surface area contributed by atoms with Crippen LogP contribution in [0.25, 0.3) is 0 Å². The smallest absolute Gasteiger partial charge is 0.409 e. The third kappa shape index (κ3) is 15.2. The second kappa shape index (κ2) is 18.1. The summed E-state index contributed by atoms with van der Waals surface area (Å²) in [5.74, 6) is 0. The van der Waals surface area contributed by atoms with Gasteiger partial charge in [0.05, 0.1) is 33.5 Å². The number of hydrogen-bond donors (Lipinski definition) is 2. The first-order valence-electron chi connectivity index (χ1n) is 7.06. The molecule has 4 N–H and O–H groups in total. The fourth-order valence-electron chi connectivity index (χ4n) is 1.14. The summed E-state index contributed by atoms with van der Waals surface area (Å²) in [6, 6.07) is 0. The van der Waals surface area contributed by atoms with Crippen molar-refractivity contribution in [1.82, 2.24) is 4.90 Å². The van der Waals surface area contributed by atoms with Crippen molar-refractivity contribution < 1.29 is 19.0 Å². The molecule has 1 amide bonds. The molecule has 0 saturated carbocycles. The van der Waals surface area contributed by atoms with Gasteiger partial charge in [0.1, 0.15) is 0 Å². The van der Waals surface area contributed by atoms with Gasteiger partial charge in [-0.3, -0.25) is 0 Å². The molecule has 7 heteroatoms. The van der Waals surface area contributed by atoms with Crippen molar-refractivity contribution in [3.05, 3.63) is 0 Å². The van der Waals surface area contributed by atoms with Gasteiger partial charge in [-0.2, -0.15) is 0 Å². The lowest BCUT2D eigenvalue weighted by molar-refractivity contribution is 0.0666. The van der Waals surface area contributed by atoms with E-state index in [4.69, 9.17) is 20.9 Å². The highest BCUT2D eigenvalue weighted by atomic mass is 16.5. The van der Waals surface area contributed by atoms with Gasteiger partial charge >= 0.3 is 6.09 Å². The highest BCUT2D eigenvalue weighted by Crippen LogP contribution is 1.94. The maximum absolute atomic E-state index is 11.4. The van der Waals surface area contributed by atoms with Crippen molar-refractivity contribution in [3.8, 4) is 0 Å². The number of rotatable bonds is 10. The van der Waals surface area contributed by atoms with Crippen molar-refractivity contribution in [3.63, 3.8) is 0 Å². The minimum atomic E-state index is -0.391. The van der Waals surface area contributed by atoms with Crippen LogP contribution in [-0.4, -0.2) is 70.7 Å². The summed E-state index contributed by atoms with van der Waals surface area (Å²) in [5, 5.41) is 0. The van der Waals surface area contributed by atoms with Crippen LogP contribution in [0.5, 0.6) is 0 Å². The number of amides is 1. The van der Waals surface area contributed by atoms with Gasteiger partial charge < -0.3 is 30.6 Å². The van der Waals surface area contributed by atoms with Gasteiger partial charge in [-0.1, -0.05) is 20.3 Å². The van der Waals surface area contributed by atoms with Crippen molar-refractivity contribution in [2.24, 2.45) is 11.5 Å². The Hall–Kier alpha value is -0.890. The van der Waals surface area contributed by atoms with Crippen LogP contribution in [0.3, 0.4) is 0 Å². The maximum atomic E-state index is 11.4. The van der Waals surface area contributed by atoms with Crippen LogP contribution in [0.4, 0.5) is 4.79 Å². The molecular formula is C13H31N3O4. The Labute approximate surface area is 122 Å². The minimum Gasteiger partial charge on any atom is -0.453 e. The lowest BCUT2D eigenvalue weighted by Crippen LogP contribution is -2.37. The largest absolute Gasteiger partial charge is 0.453 e. The summed E-state index contributed by atoms with van der Waals surface area (Å²) in [6.45, 7) is 7.94. The molecule has 7 nitrogen and oxygen atoms in total. The second-order valence-electron chi connectivity index (χ2n) is 3.97. The Morgan fingerprint density at radius 2 is 1.35 bits per heavy atom. The van der Waals surface area contributed by atoms with Crippen LogP contribution in [-0.2, 0) is 14.2 Å². The highest BCUT2D eigenvalue weighted by molar-refractivity contribution is 5.67. The van der Waals surface area contributed by atoms with Gasteiger partial charge in [0.25, 0.3) is 0 Å². The topological polar surface area (TPSA) is 100 Å². The Morgan fingerprint density at radius 3 is 1.65 bits per heavy atom. The van der Waals surface area contributed by atoms with E-state index in [2.05, 4.69) is 18.6 Å². The first-order chi connectivity index (χ1) is 9.67. The summed E-state index contributed by atoms with van der Waals surface area (Å²) < 4.78 is 15.1. The zero-order valence-electron chi connectivity index (χ0n) is 13.1. The summed E-state index contributed by atoms with van der Waals surface area (Å²) in [4.78, 5) is 12.9. The van der Waals surface area contributed by atoms with Gasteiger partial charge in [0.2, 0.25) is 0 Å². The third-order valence-electron chi connectivity index (χ3n) is 1.97. The van der Waals surface area contributed by atoms with Crippen LogP contribution >= 0.6 is 0 Å². The van der Waals surface area contributed by atoms with Crippen molar-refractivity contribution in [2.75, 3.05) is 59.7 Å². The zero-order valence-corrected chi connectivity index (χ0v) is 13.1. The first-order valence-corrected chi connectivity index (χ1v) is 7.06. The Morgan fingerprint density at radius 1 is 0.950 bits per heavy atom. The van der Waals surface area contributed by atoms with E-state index < -0.39 is 6.09 Å². The number of carbonyl (C=O) groups is 1. The average Bonchev–Trinajstić information content (AvgIpc) is 2.45. The van der Waals surface area contributed by atoms with Gasteiger partial charge in [0.15, 0.2) is 0 Å². The third-order valence-corrected chi connectivity index (χ3v) is 1.97. The van der Waals surface area contributed by atoms with Crippen LogP contribution < -0.4 is 11.5 Å². The molecular weight excluding hydrogens is 262 g/mol. The Kier molecular flexibility index (Phi) is 19.4. The average molecular weight is 293 g/mol. The van der Waals surface area contributed by atoms with Crippen molar-refractivity contribution in [1.29, 1.82) is 0 Å². The molecule has 0 spiro atoms. The van der Waals surface area contributed by atoms with E-state index in [1.54, 1.807) is 0 Å². The molecule has 0 bridgehead atoms. The highest BCUT2D eigenvalue weighted by Gasteiger charge is 2.12. The second-order valence-corrected chi connectivity index (χ2v) is 3.97. The van der Waals surface area contributed by atoms with E-state index in [9.17, 15) is 4.79 Å². The molecule has 122 valence electrons. The molecule has 0 radical (unpaired) electrons. The maximum Gasteiger partial charge on any atom is 0.409 e. The summed E-state index contributed by atoms with van der Waals surface area (Å²) in [6.07, 6.45) is 0.859.